The second-order valence-electron chi connectivity index (χ2n) is 3.77. The van der Waals surface area contributed by atoms with Crippen LogP contribution in [0.3, 0.4) is 0 Å². The van der Waals surface area contributed by atoms with Gasteiger partial charge in [0, 0.05) is 19.3 Å². The van der Waals surface area contributed by atoms with Crippen molar-refractivity contribution in [1.82, 2.24) is 15.1 Å². The summed E-state index contributed by atoms with van der Waals surface area (Å²) < 4.78 is 1.71. The van der Waals surface area contributed by atoms with E-state index in [9.17, 15) is 4.79 Å². The predicted molar refractivity (Wildman–Crippen MR) is 51.2 cm³/mol. The van der Waals surface area contributed by atoms with Gasteiger partial charge < -0.3 is 11.1 Å². The third kappa shape index (κ3) is 1.29. The molecule has 1 saturated heterocycles. The van der Waals surface area contributed by atoms with Gasteiger partial charge in [-0.15, -0.1) is 0 Å². The number of nitrogens with two attached hydrogens (primary N) is 1. The summed E-state index contributed by atoms with van der Waals surface area (Å²) >= 11 is 0. The molecule has 0 aliphatic carbocycles. The maximum atomic E-state index is 11.3. The van der Waals surface area contributed by atoms with Crippen LogP contribution in [0.4, 0.5) is 0 Å². The highest BCUT2D eigenvalue weighted by atomic mass is 16.2. The third-order valence-corrected chi connectivity index (χ3v) is 2.73. The van der Waals surface area contributed by atoms with Gasteiger partial charge in [0.2, 0.25) is 5.91 Å². The minimum absolute atomic E-state index is 0.00755. The van der Waals surface area contributed by atoms with E-state index in [1.54, 1.807) is 4.68 Å². The first-order chi connectivity index (χ1) is 6.59. The SMILES string of the molecule is C[C@@H]1C(=O)NC(c2ccn(C)n2)[C@H]1N. The quantitative estimate of drug-likeness (QED) is 0.636. The van der Waals surface area contributed by atoms with Crippen LogP contribution < -0.4 is 11.1 Å². The third-order valence-electron chi connectivity index (χ3n) is 2.73. The molecule has 0 saturated carbocycles. The van der Waals surface area contributed by atoms with Gasteiger partial charge in [-0.25, -0.2) is 0 Å². The van der Waals surface area contributed by atoms with Gasteiger partial charge in [0.1, 0.15) is 0 Å². The van der Waals surface area contributed by atoms with Crippen LogP contribution in [0.25, 0.3) is 0 Å². The second-order valence-corrected chi connectivity index (χ2v) is 3.77. The molecule has 1 aliphatic heterocycles. The normalized spacial score (nSPS) is 31.9. The lowest BCUT2D eigenvalue weighted by Gasteiger charge is -2.13. The number of amides is 1. The van der Waals surface area contributed by atoms with Gasteiger partial charge in [-0.3, -0.25) is 9.48 Å². The first-order valence-corrected chi connectivity index (χ1v) is 4.65. The van der Waals surface area contributed by atoms with Gasteiger partial charge in [0.25, 0.3) is 0 Å². The molecule has 0 spiro atoms. The molecule has 0 radical (unpaired) electrons. The number of rotatable bonds is 1. The molecule has 14 heavy (non-hydrogen) atoms. The Morgan fingerprint density at radius 1 is 1.64 bits per heavy atom. The average molecular weight is 194 g/mol. The molecule has 3 N–H and O–H groups in total. The van der Waals surface area contributed by atoms with E-state index in [2.05, 4.69) is 10.4 Å². The zero-order chi connectivity index (χ0) is 10.3. The minimum atomic E-state index is -0.183. The molecule has 1 aliphatic rings. The molecule has 0 aromatic carbocycles. The minimum Gasteiger partial charge on any atom is -0.346 e. The maximum absolute atomic E-state index is 11.3. The summed E-state index contributed by atoms with van der Waals surface area (Å²) in [6, 6.07) is 1.55. The molecule has 0 bridgehead atoms. The Bertz CT molecular complexity index is 359. The summed E-state index contributed by atoms with van der Waals surface area (Å²) in [7, 11) is 1.84. The van der Waals surface area contributed by atoms with Crippen molar-refractivity contribution in [3.63, 3.8) is 0 Å². The van der Waals surface area contributed by atoms with Crippen LogP contribution in [0.5, 0.6) is 0 Å². The van der Waals surface area contributed by atoms with E-state index in [1.165, 1.54) is 0 Å². The number of carbonyl (C=O) groups excluding carboxylic acids is 1. The molecule has 1 unspecified atom stereocenters. The summed E-state index contributed by atoms with van der Waals surface area (Å²) in [6.07, 6.45) is 1.84. The smallest absolute Gasteiger partial charge is 0.225 e. The zero-order valence-corrected chi connectivity index (χ0v) is 8.27. The number of aromatic nitrogens is 2. The van der Waals surface area contributed by atoms with Crippen LogP contribution in [0.1, 0.15) is 18.7 Å². The summed E-state index contributed by atoms with van der Waals surface area (Å²) in [5.74, 6) is -0.129. The Labute approximate surface area is 82.3 Å². The molecule has 1 aromatic rings. The van der Waals surface area contributed by atoms with E-state index in [0.717, 1.165) is 5.69 Å². The summed E-state index contributed by atoms with van der Waals surface area (Å²) in [5.41, 5.74) is 6.75. The molecule has 3 atom stereocenters. The van der Waals surface area contributed by atoms with Gasteiger partial charge >= 0.3 is 0 Å². The molecular weight excluding hydrogens is 180 g/mol. The first kappa shape index (κ1) is 9.21. The number of nitrogens with one attached hydrogen (secondary N) is 1. The number of nitrogens with zero attached hydrogens (tertiary/aromatic N) is 2. The van der Waals surface area contributed by atoms with Crippen molar-refractivity contribution in [3.8, 4) is 0 Å². The highest BCUT2D eigenvalue weighted by molar-refractivity contribution is 5.82. The largest absolute Gasteiger partial charge is 0.346 e. The van der Waals surface area contributed by atoms with E-state index < -0.39 is 0 Å². The molecule has 2 rings (SSSR count). The van der Waals surface area contributed by atoms with Gasteiger partial charge in [-0.05, 0) is 6.07 Å². The second kappa shape index (κ2) is 3.09. The van der Waals surface area contributed by atoms with Crippen molar-refractivity contribution in [2.24, 2.45) is 18.7 Å². The zero-order valence-electron chi connectivity index (χ0n) is 8.27. The molecule has 1 amide bonds. The molecule has 5 nitrogen and oxygen atoms in total. The van der Waals surface area contributed by atoms with Gasteiger partial charge in [-0.1, -0.05) is 6.92 Å². The average Bonchev–Trinajstić information content (AvgIpc) is 2.66. The Morgan fingerprint density at radius 2 is 2.36 bits per heavy atom. The summed E-state index contributed by atoms with van der Waals surface area (Å²) in [6.45, 7) is 1.84. The lowest BCUT2D eigenvalue weighted by molar-refractivity contribution is -0.122. The molecule has 1 aromatic heterocycles. The summed E-state index contributed by atoms with van der Waals surface area (Å²) in [5, 5.41) is 7.08. The monoisotopic (exact) mass is 194 g/mol. The van der Waals surface area contributed by atoms with E-state index >= 15 is 0 Å². The molecule has 1 fully saturated rings. The molecule has 5 heteroatoms. The van der Waals surface area contributed by atoms with E-state index in [4.69, 9.17) is 5.73 Å². The van der Waals surface area contributed by atoms with Crippen molar-refractivity contribution >= 4 is 5.91 Å². The highest BCUT2D eigenvalue weighted by Crippen LogP contribution is 2.25. The van der Waals surface area contributed by atoms with E-state index in [0.29, 0.717) is 0 Å². The fourth-order valence-electron chi connectivity index (χ4n) is 1.71. The highest BCUT2D eigenvalue weighted by Gasteiger charge is 2.38. The van der Waals surface area contributed by atoms with Gasteiger partial charge in [0.05, 0.1) is 17.7 Å². The van der Waals surface area contributed by atoms with Crippen LogP contribution in [0.15, 0.2) is 12.3 Å². The molecule has 2 heterocycles. The van der Waals surface area contributed by atoms with Crippen molar-refractivity contribution in [2.75, 3.05) is 0 Å². The Balaban J connectivity index is 2.25. The van der Waals surface area contributed by atoms with Crippen molar-refractivity contribution in [2.45, 2.75) is 19.0 Å². The van der Waals surface area contributed by atoms with Gasteiger partial charge in [-0.2, -0.15) is 5.10 Å². The van der Waals surface area contributed by atoms with Crippen LogP contribution in [0, 0.1) is 5.92 Å². The van der Waals surface area contributed by atoms with Crippen LogP contribution in [0.2, 0.25) is 0 Å². The van der Waals surface area contributed by atoms with Crippen molar-refractivity contribution in [1.29, 1.82) is 0 Å². The Hall–Kier alpha value is -1.36. The topological polar surface area (TPSA) is 72.9 Å². The first-order valence-electron chi connectivity index (χ1n) is 4.65. The van der Waals surface area contributed by atoms with Gasteiger partial charge in [0.15, 0.2) is 0 Å². The van der Waals surface area contributed by atoms with Crippen LogP contribution >= 0.6 is 0 Å². The molecule has 76 valence electrons. The standard InChI is InChI=1S/C9H14N4O/c1-5-7(10)8(11-9(5)14)6-3-4-13(2)12-6/h3-5,7-8H,10H2,1-2H3,(H,11,14)/t5-,7-,8?/m0/s1. The lowest BCUT2D eigenvalue weighted by atomic mass is 9.99. The number of hydrogen-bond donors (Lipinski definition) is 2. The Kier molecular flexibility index (Phi) is 2.03. The van der Waals surface area contributed by atoms with E-state index in [-0.39, 0.29) is 23.9 Å². The van der Waals surface area contributed by atoms with E-state index in [1.807, 2.05) is 26.2 Å². The molecular formula is C9H14N4O. The van der Waals surface area contributed by atoms with Crippen LogP contribution in [-0.4, -0.2) is 21.7 Å². The fourth-order valence-corrected chi connectivity index (χ4v) is 1.71. The number of hydrogen-bond acceptors (Lipinski definition) is 3. The predicted octanol–water partition coefficient (Wildman–Crippen LogP) is -0.446. The number of aryl methyl sites for hydroxylation is 1. The van der Waals surface area contributed by atoms with Crippen LogP contribution in [-0.2, 0) is 11.8 Å². The lowest BCUT2D eigenvalue weighted by Crippen LogP contribution is -2.31. The summed E-state index contributed by atoms with van der Waals surface area (Å²) in [4.78, 5) is 11.3. The number of carbonyl (C=O) groups is 1. The van der Waals surface area contributed by atoms with Crippen molar-refractivity contribution < 1.29 is 4.79 Å². The maximum Gasteiger partial charge on any atom is 0.225 e. The Morgan fingerprint density at radius 3 is 2.79 bits per heavy atom. The van der Waals surface area contributed by atoms with Crippen molar-refractivity contribution in [3.05, 3.63) is 18.0 Å². The fraction of sp³-hybridized carbons (Fsp3) is 0.556.